The Morgan fingerprint density at radius 1 is 1.00 bits per heavy atom. The fourth-order valence-corrected chi connectivity index (χ4v) is 4.05. The number of methoxy groups -OCH3 is 2. The first-order chi connectivity index (χ1) is 16.5. The molecule has 0 aromatic heterocycles. The third kappa shape index (κ3) is 5.16. The standard InChI is InChI=1S/C26H23ClN2O4S/c1-31-21-14-18(10-13-20(21)33-15-16-6-4-3-5-7-16)24-22(25(30)32-2)23(28-26(34)29-24)17-8-11-19(27)12-9-17/h3-14,24H,15H2,1-2H3,(H2,28,29,34)/t24-/m0/s1. The van der Waals surface area contributed by atoms with Crippen LogP contribution in [0.1, 0.15) is 22.7 Å². The second-order valence-corrected chi connectivity index (χ2v) is 8.35. The molecule has 3 aromatic rings. The van der Waals surface area contributed by atoms with Gasteiger partial charge in [0.2, 0.25) is 0 Å². The Balaban J connectivity index is 1.72. The topological polar surface area (TPSA) is 68.8 Å². The number of hydrogen-bond acceptors (Lipinski definition) is 5. The van der Waals surface area contributed by atoms with Crippen molar-refractivity contribution in [2.24, 2.45) is 0 Å². The number of hydrogen-bond donors (Lipinski definition) is 2. The first-order valence-corrected chi connectivity index (χ1v) is 11.3. The normalized spacial score (nSPS) is 15.3. The molecule has 34 heavy (non-hydrogen) atoms. The van der Waals surface area contributed by atoms with Gasteiger partial charge in [-0.05, 0) is 53.2 Å². The van der Waals surface area contributed by atoms with Crippen LogP contribution < -0.4 is 20.1 Å². The smallest absolute Gasteiger partial charge is 0.338 e. The molecule has 0 radical (unpaired) electrons. The Morgan fingerprint density at radius 3 is 2.41 bits per heavy atom. The quantitative estimate of drug-likeness (QED) is 0.352. The van der Waals surface area contributed by atoms with Gasteiger partial charge < -0.3 is 24.8 Å². The van der Waals surface area contributed by atoms with E-state index in [1.165, 1.54) is 7.11 Å². The van der Waals surface area contributed by atoms with Crippen LogP contribution in [-0.4, -0.2) is 25.3 Å². The zero-order valence-corrected chi connectivity index (χ0v) is 20.2. The van der Waals surface area contributed by atoms with Crippen molar-refractivity contribution in [3.05, 3.63) is 100 Å². The molecule has 0 unspecified atom stereocenters. The van der Waals surface area contributed by atoms with Crippen LogP contribution in [0.3, 0.4) is 0 Å². The van der Waals surface area contributed by atoms with E-state index in [1.807, 2.05) is 60.7 Å². The number of nitrogens with one attached hydrogen (secondary N) is 2. The molecule has 174 valence electrons. The first-order valence-electron chi connectivity index (χ1n) is 10.5. The Hall–Kier alpha value is -3.55. The second-order valence-electron chi connectivity index (χ2n) is 7.50. The first kappa shape index (κ1) is 23.6. The number of ether oxygens (including phenoxy) is 3. The molecule has 1 aliphatic rings. The number of carbonyl (C=O) groups is 1. The van der Waals surface area contributed by atoms with E-state index in [9.17, 15) is 4.79 Å². The van der Waals surface area contributed by atoms with Gasteiger partial charge in [-0.3, -0.25) is 0 Å². The number of halogens is 1. The van der Waals surface area contributed by atoms with Gasteiger partial charge in [-0.25, -0.2) is 4.79 Å². The van der Waals surface area contributed by atoms with E-state index in [4.69, 9.17) is 38.0 Å². The molecule has 4 rings (SSSR count). The van der Waals surface area contributed by atoms with Crippen molar-refractivity contribution in [2.45, 2.75) is 12.6 Å². The third-order valence-electron chi connectivity index (χ3n) is 5.37. The molecule has 0 saturated carbocycles. The van der Waals surface area contributed by atoms with Crippen LogP contribution in [0.15, 0.2) is 78.4 Å². The summed E-state index contributed by atoms with van der Waals surface area (Å²) in [6, 6.07) is 22.0. The number of thiocarbonyl (C=S) groups is 1. The molecule has 0 fully saturated rings. The Morgan fingerprint density at radius 2 is 1.74 bits per heavy atom. The van der Waals surface area contributed by atoms with Crippen LogP contribution in [0.25, 0.3) is 5.70 Å². The van der Waals surface area contributed by atoms with Crippen molar-refractivity contribution >= 4 is 40.6 Å². The highest BCUT2D eigenvalue weighted by Gasteiger charge is 2.33. The largest absolute Gasteiger partial charge is 0.493 e. The maximum absolute atomic E-state index is 12.9. The number of esters is 1. The number of benzene rings is 3. The molecular formula is C26H23ClN2O4S. The summed E-state index contributed by atoms with van der Waals surface area (Å²) in [4.78, 5) is 12.9. The minimum atomic E-state index is -0.566. The lowest BCUT2D eigenvalue weighted by Gasteiger charge is -2.31. The Labute approximate surface area is 208 Å². The van der Waals surface area contributed by atoms with E-state index >= 15 is 0 Å². The van der Waals surface area contributed by atoms with Gasteiger partial charge >= 0.3 is 5.97 Å². The molecule has 0 aliphatic carbocycles. The van der Waals surface area contributed by atoms with Crippen LogP contribution in [-0.2, 0) is 16.1 Å². The highest BCUT2D eigenvalue weighted by Crippen LogP contribution is 2.37. The molecule has 1 aliphatic heterocycles. The average Bonchev–Trinajstić information content (AvgIpc) is 2.87. The van der Waals surface area contributed by atoms with Crippen LogP contribution in [0.5, 0.6) is 11.5 Å². The Bertz CT molecular complexity index is 1230. The van der Waals surface area contributed by atoms with E-state index in [-0.39, 0.29) is 0 Å². The van der Waals surface area contributed by atoms with E-state index in [0.29, 0.717) is 39.5 Å². The summed E-state index contributed by atoms with van der Waals surface area (Å²) >= 11 is 11.5. The summed E-state index contributed by atoms with van der Waals surface area (Å²) in [5.41, 5.74) is 3.51. The minimum absolute atomic E-state index is 0.381. The van der Waals surface area contributed by atoms with Gasteiger partial charge in [0.05, 0.1) is 31.5 Å². The molecule has 2 N–H and O–H groups in total. The maximum atomic E-state index is 12.9. The zero-order valence-electron chi connectivity index (χ0n) is 18.6. The highest BCUT2D eigenvalue weighted by atomic mass is 35.5. The number of carbonyl (C=O) groups excluding carboxylic acids is 1. The van der Waals surface area contributed by atoms with Gasteiger partial charge in [-0.1, -0.05) is 60.1 Å². The van der Waals surface area contributed by atoms with Gasteiger partial charge in [0.15, 0.2) is 16.6 Å². The van der Waals surface area contributed by atoms with Crippen LogP contribution in [0, 0.1) is 0 Å². The maximum Gasteiger partial charge on any atom is 0.338 e. The lowest BCUT2D eigenvalue weighted by molar-refractivity contribution is -0.136. The van der Waals surface area contributed by atoms with Crippen molar-refractivity contribution < 1.29 is 19.0 Å². The predicted octanol–water partition coefficient (Wildman–Crippen LogP) is 5.03. The van der Waals surface area contributed by atoms with Crippen molar-refractivity contribution in [1.29, 1.82) is 0 Å². The van der Waals surface area contributed by atoms with Gasteiger partial charge in [0.25, 0.3) is 0 Å². The predicted molar refractivity (Wildman–Crippen MR) is 136 cm³/mol. The van der Waals surface area contributed by atoms with E-state index in [0.717, 1.165) is 16.7 Å². The highest BCUT2D eigenvalue weighted by molar-refractivity contribution is 7.80. The Kier molecular flexibility index (Phi) is 7.35. The van der Waals surface area contributed by atoms with Gasteiger partial charge in [-0.2, -0.15) is 0 Å². The summed E-state index contributed by atoms with van der Waals surface area (Å²) in [5.74, 6) is 0.644. The fraction of sp³-hybridized carbons (Fsp3) is 0.154. The SMILES string of the molecule is COC(=O)C1=C(c2ccc(Cl)cc2)NC(=S)N[C@H]1c1ccc(OCc2ccccc2)c(OC)c1. The molecule has 0 amide bonds. The molecular weight excluding hydrogens is 472 g/mol. The van der Waals surface area contributed by atoms with Crippen molar-refractivity contribution in [3.63, 3.8) is 0 Å². The summed E-state index contributed by atoms with van der Waals surface area (Å²) in [7, 11) is 2.92. The molecule has 1 heterocycles. The minimum Gasteiger partial charge on any atom is -0.493 e. The zero-order chi connectivity index (χ0) is 24.1. The molecule has 6 nitrogen and oxygen atoms in total. The molecule has 3 aromatic carbocycles. The molecule has 0 saturated heterocycles. The number of rotatable bonds is 7. The van der Waals surface area contributed by atoms with Crippen LogP contribution in [0.4, 0.5) is 0 Å². The lowest BCUT2D eigenvalue weighted by atomic mass is 9.92. The van der Waals surface area contributed by atoms with Gasteiger partial charge in [0.1, 0.15) is 6.61 Å². The summed E-state index contributed by atoms with van der Waals surface area (Å²) in [6.45, 7) is 0.403. The van der Waals surface area contributed by atoms with Crippen molar-refractivity contribution in [3.8, 4) is 11.5 Å². The van der Waals surface area contributed by atoms with Crippen LogP contribution >= 0.6 is 23.8 Å². The summed E-state index contributed by atoms with van der Waals surface area (Å²) in [6.07, 6.45) is 0. The molecule has 1 atom stereocenters. The second kappa shape index (κ2) is 10.6. The van der Waals surface area contributed by atoms with Crippen molar-refractivity contribution in [2.75, 3.05) is 14.2 Å². The van der Waals surface area contributed by atoms with Gasteiger partial charge in [-0.15, -0.1) is 0 Å². The van der Waals surface area contributed by atoms with E-state index in [1.54, 1.807) is 19.2 Å². The van der Waals surface area contributed by atoms with Crippen molar-refractivity contribution in [1.82, 2.24) is 10.6 Å². The van der Waals surface area contributed by atoms with Gasteiger partial charge in [0, 0.05) is 5.02 Å². The van der Waals surface area contributed by atoms with E-state index < -0.39 is 12.0 Å². The fourth-order valence-electron chi connectivity index (χ4n) is 3.71. The lowest BCUT2D eigenvalue weighted by Crippen LogP contribution is -2.45. The summed E-state index contributed by atoms with van der Waals surface area (Å²) < 4.78 is 16.7. The molecule has 0 bridgehead atoms. The third-order valence-corrected chi connectivity index (χ3v) is 5.84. The monoisotopic (exact) mass is 494 g/mol. The molecule has 0 spiro atoms. The average molecular weight is 495 g/mol. The summed E-state index contributed by atoms with van der Waals surface area (Å²) in [5, 5.41) is 7.24. The molecule has 8 heteroatoms. The van der Waals surface area contributed by atoms with E-state index in [2.05, 4.69) is 10.6 Å². The van der Waals surface area contributed by atoms with Crippen LogP contribution in [0.2, 0.25) is 5.02 Å².